The molecule has 1 aromatic heterocycles. The van der Waals surface area contributed by atoms with Crippen molar-refractivity contribution in [3.05, 3.63) is 29.6 Å². The number of rotatable bonds is 2. The Morgan fingerprint density at radius 1 is 1.38 bits per heavy atom. The third-order valence-corrected chi connectivity index (χ3v) is 1.31. The molecule has 3 nitrogen and oxygen atoms in total. The highest BCUT2D eigenvalue weighted by atomic mass is 16.1. The molecule has 0 saturated carbocycles. The highest BCUT2D eigenvalue weighted by molar-refractivity contribution is 5.74. The van der Waals surface area contributed by atoms with Crippen LogP contribution in [0.2, 0.25) is 0 Å². The minimum atomic E-state index is 0.200. The Kier molecular flexibility index (Phi) is 3.40. The number of hydrogen-bond donors (Lipinski definition) is 0. The Labute approximate surface area is 75.8 Å². The van der Waals surface area contributed by atoms with Crippen LogP contribution in [0.3, 0.4) is 0 Å². The van der Waals surface area contributed by atoms with Crippen LogP contribution in [0.5, 0.6) is 0 Å². The number of pyridine rings is 1. The number of carbonyl (C=O) groups is 2. The molecule has 0 saturated heterocycles. The predicted molar refractivity (Wildman–Crippen MR) is 47.2 cm³/mol. The van der Waals surface area contributed by atoms with Crippen LogP contribution < -0.4 is 0 Å². The fourth-order valence-corrected chi connectivity index (χ4v) is 0.785. The molecule has 0 N–H and O–H groups in total. The highest BCUT2D eigenvalue weighted by Crippen LogP contribution is 1.97. The van der Waals surface area contributed by atoms with Gasteiger partial charge < -0.3 is 4.79 Å². The van der Waals surface area contributed by atoms with Gasteiger partial charge >= 0.3 is 0 Å². The van der Waals surface area contributed by atoms with Crippen LogP contribution in [0.15, 0.2) is 18.5 Å². The van der Waals surface area contributed by atoms with Gasteiger partial charge in [0.25, 0.3) is 0 Å². The van der Waals surface area contributed by atoms with Gasteiger partial charge in [-0.3, -0.25) is 9.78 Å². The van der Waals surface area contributed by atoms with Crippen molar-refractivity contribution in [3.8, 4) is 11.8 Å². The van der Waals surface area contributed by atoms with Gasteiger partial charge in [0.05, 0.1) is 6.42 Å². The first kappa shape index (κ1) is 9.14. The van der Waals surface area contributed by atoms with Crippen molar-refractivity contribution in [2.45, 2.75) is 6.42 Å². The van der Waals surface area contributed by atoms with E-state index in [9.17, 15) is 9.59 Å². The molecular formula is C10H7NO2. The summed E-state index contributed by atoms with van der Waals surface area (Å²) in [5.41, 5.74) is 1.13. The van der Waals surface area contributed by atoms with E-state index in [0.717, 1.165) is 6.29 Å². The van der Waals surface area contributed by atoms with Crippen molar-refractivity contribution in [2.24, 2.45) is 0 Å². The molecule has 1 aromatic rings. The summed E-state index contributed by atoms with van der Waals surface area (Å²) in [6.45, 7) is 0. The van der Waals surface area contributed by atoms with E-state index in [2.05, 4.69) is 16.8 Å². The quantitative estimate of drug-likeness (QED) is 0.491. The van der Waals surface area contributed by atoms with E-state index in [-0.39, 0.29) is 6.42 Å². The molecular weight excluding hydrogens is 166 g/mol. The lowest BCUT2D eigenvalue weighted by molar-refractivity contribution is -0.107. The first-order valence-corrected chi connectivity index (χ1v) is 3.69. The second-order valence-corrected chi connectivity index (χ2v) is 2.30. The molecule has 0 fully saturated rings. The average Bonchev–Trinajstić information content (AvgIpc) is 2.19. The summed E-state index contributed by atoms with van der Waals surface area (Å²) in [6, 6.07) is 1.62. The number of hydrogen-bond acceptors (Lipinski definition) is 3. The van der Waals surface area contributed by atoms with Crippen molar-refractivity contribution < 1.29 is 9.59 Å². The van der Waals surface area contributed by atoms with Gasteiger partial charge in [0, 0.05) is 23.5 Å². The van der Waals surface area contributed by atoms with Crippen LogP contribution in [0.25, 0.3) is 0 Å². The number of carbonyl (C=O) groups excluding carboxylic acids is 2. The van der Waals surface area contributed by atoms with E-state index in [0.29, 0.717) is 17.4 Å². The largest absolute Gasteiger partial charge is 0.302 e. The zero-order valence-electron chi connectivity index (χ0n) is 6.86. The Morgan fingerprint density at radius 3 is 2.92 bits per heavy atom. The number of aldehydes is 2. The molecule has 0 aliphatic rings. The van der Waals surface area contributed by atoms with E-state index >= 15 is 0 Å². The fraction of sp³-hybridized carbons (Fsp3) is 0.100. The molecule has 0 radical (unpaired) electrons. The Bertz CT molecular complexity index is 374. The van der Waals surface area contributed by atoms with E-state index < -0.39 is 0 Å². The van der Waals surface area contributed by atoms with Crippen molar-refractivity contribution in [1.29, 1.82) is 0 Å². The van der Waals surface area contributed by atoms with Crippen LogP contribution in [-0.2, 0) is 4.79 Å². The van der Waals surface area contributed by atoms with Gasteiger partial charge in [-0.05, 0) is 6.07 Å². The molecule has 0 bridgehead atoms. The molecule has 0 aliphatic heterocycles. The molecule has 0 atom stereocenters. The maximum Gasteiger partial charge on any atom is 0.151 e. The van der Waals surface area contributed by atoms with E-state index in [1.807, 2.05) is 0 Å². The first-order chi connectivity index (χ1) is 6.36. The fourth-order valence-electron chi connectivity index (χ4n) is 0.785. The van der Waals surface area contributed by atoms with Gasteiger partial charge in [0.15, 0.2) is 6.29 Å². The van der Waals surface area contributed by atoms with Gasteiger partial charge in [0.2, 0.25) is 0 Å². The van der Waals surface area contributed by atoms with Crippen molar-refractivity contribution in [3.63, 3.8) is 0 Å². The van der Waals surface area contributed by atoms with Crippen LogP contribution >= 0.6 is 0 Å². The molecule has 1 heterocycles. The average molecular weight is 173 g/mol. The molecule has 0 aromatic carbocycles. The van der Waals surface area contributed by atoms with Crippen LogP contribution in [0.4, 0.5) is 0 Å². The maximum atomic E-state index is 10.3. The van der Waals surface area contributed by atoms with Crippen molar-refractivity contribution in [1.82, 2.24) is 4.98 Å². The van der Waals surface area contributed by atoms with E-state index in [4.69, 9.17) is 0 Å². The SMILES string of the molecule is O=CCC#Cc1cncc(C=O)c1. The van der Waals surface area contributed by atoms with Crippen molar-refractivity contribution in [2.75, 3.05) is 0 Å². The third-order valence-electron chi connectivity index (χ3n) is 1.31. The predicted octanol–water partition coefficient (Wildman–Crippen LogP) is 0.835. The smallest absolute Gasteiger partial charge is 0.151 e. The van der Waals surface area contributed by atoms with Gasteiger partial charge in [-0.25, -0.2) is 0 Å². The van der Waals surface area contributed by atoms with Gasteiger partial charge in [0.1, 0.15) is 6.29 Å². The normalized spacial score (nSPS) is 8.31. The molecule has 0 aliphatic carbocycles. The molecule has 3 heteroatoms. The standard InChI is InChI=1S/C10H7NO2/c12-4-2-1-3-9-5-10(8-13)7-11-6-9/h4-8H,2H2. The zero-order valence-corrected chi connectivity index (χ0v) is 6.86. The van der Waals surface area contributed by atoms with Gasteiger partial charge in [-0.1, -0.05) is 11.8 Å². The lowest BCUT2D eigenvalue weighted by Gasteiger charge is -1.89. The Hall–Kier alpha value is -1.95. The zero-order chi connectivity index (χ0) is 9.52. The molecule has 0 unspecified atom stereocenters. The molecule has 0 spiro atoms. The second-order valence-electron chi connectivity index (χ2n) is 2.30. The summed E-state index contributed by atoms with van der Waals surface area (Å²) in [5.74, 6) is 5.35. The topological polar surface area (TPSA) is 47.0 Å². The monoisotopic (exact) mass is 173 g/mol. The van der Waals surface area contributed by atoms with Crippen LogP contribution in [-0.4, -0.2) is 17.6 Å². The van der Waals surface area contributed by atoms with Crippen LogP contribution in [0.1, 0.15) is 22.3 Å². The van der Waals surface area contributed by atoms with Crippen LogP contribution in [0, 0.1) is 11.8 Å². The number of nitrogens with zero attached hydrogens (tertiary/aromatic N) is 1. The lowest BCUT2D eigenvalue weighted by atomic mass is 10.2. The van der Waals surface area contributed by atoms with Crippen molar-refractivity contribution >= 4 is 12.6 Å². The van der Waals surface area contributed by atoms with Gasteiger partial charge in [-0.15, -0.1) is 0 Å². The summed E-state index contributed by atoms with van der Waals surface area (Å²) in [4.78, 5) is 24.1. The highest BCUT2D eigenvalue weighted by Gasteiger charge is 1.90. The molecule has 0 amide bonds. The summed E-state index contributed by atoms with van der Waals surface area (Å²) >= 11 is 0. The molecule has 1 rings (SSSR count). The summed E-state index contributed by atoms with van der Waals surface area (Å²) in [7, 11) is 0. The Balaban J connectivity index is 2.84. The minimum absolute atomic E-state index is 0.200. The molecule has 13 heavy (non-hydrogen) atoms. The summed E-state index contributed by atoms with van der Waals surface area (Å²) in [6.07, 6.45) is 4.63. The maximum absolute atomic E-state index is 10.3. The molecule has 64 valence electrons. The summed E-state index contributed by atoms with van der Waals surface area (Å²) < 4.78 is 0. The van der Waals surface area contributed by atoms with E-state index in [1.165, 1.54) is 6.20 Å². The Morgan fingerprint density at radius 2 is 2.23 bits per heavy atom. The minimum Gasteiger partial charge on any atom is -0.302 e. The second kappa shape index (κ2) is 4.83. The van der Waals surface area contributed by atoms with E-state index in [1.54, 1.807) is 12.3 Å². The summed E-state index contributed by atoms with van der Waals surface area (Å²) in [5, 5.41) is 0. The van der Waals surface area contributed by atoms with Gasteiger partial charge in [-0.2, -0.15) is 0 Å². The third kappa shape index (κ3) is 2.88. The first-order valence-electron chi connectivity index (χ1n) is 3.69. The number of aromatic nitrogens is 1. The lowest BCUT2D eigenvalue weighted by Crippen LogP contribution is -1.84.